The molecule has 1 fully saturated rings. The van der Waals surface area contributed by atoms with Gasteiger partial charge < -0.3 is 24.3 Å². The number of benzene rings is 3. The highest BCUT2D eigenvalue weighted by Crippen LogP contribution is 2.35. The van der Waals surface area contributed by atoms with Gasteiger partial charge in [0.05, 0.1) is 23.8 Å². The summed E-state index contributed by atoms with van der Waals surface area (Å²) in [7, 11) is 0. The van der Waals surface area contributed by atoms with Crippen LogP contribution in [0.5, 0.6) is 5.75 Å². The number of rotatable bonds is 6. The van der Waals surface area contributed by atoms with E-state index in [2.05, 4.69) is 6.07 Å². The van der Waals surface area contributed by atoms with E-state index in [1.54, 1.807) is 13.0 Å². The van der Waals surface area contributed by atoms with E-state index in [1.165, 1.54) is 29.7 Å². The second-order valence-corrected chi connectivity index (χ2v) is 9.33. The van der Waals surface area contributed by atoms with Gasteiger partial charge in [0.15, 0.2) is 17.9 Å². The number of carbonyl (C=O) groups is 1. The van der Waals surface area contributed by atoms with Gasteiger partial charge in [0.1, 0.15) is 17.9 Å². The molecule has 1 unspecified atom stereocenters. The monoisotopic (exact) mass is 550 g/mol. The van der Waals surface area contributed by atoms with E-state index in [-0.39, 0.29) is 11.4 Å². The topological polar surface area (TPSA) is 107 Å². The van der Waals surface area contributed by atoms with E-state index < -0.39 is 17.9 Å². The van der Waals surface area contributed by atoms with Crippen molar-refractivity contribution in [3.63, 3.8) is 0 Å². The number of nitrogens with zero attached hydrogens (tertiary/aromatic N) is 2. The maximum absolute atomic E-state index is 14.1. The number of carbonyl (C=O) groups excluding carboxylic acids is 1. The quantitative estimate of drug-likeness (QED) is 0.225. The van der Waals surface area contributed by atoms with Crippen molar-refractivity contribution in [3.05, 3.63) is 89.2 Å². The molecule has 0 radical (unpaired) electrons. The minimum atomic E-state index is -1.38. The number of nitriles is 1. The molecule has 2 heterocycles. The average molecular weight is 551 g/mol. The first kappa shape index (κ1) is 30.3. The third-order valence-electron chi connectivity index (χ3n) is 6.39. The van der Waals surface area contributed by atoms with E-state index in [1.807, 2.05) is 49.4 Å². The van der Waals surface area contributed by atoms with Crippen molar-refractivity contribution < 1.29 is 32.9 Å². The van der Waals surface area contributed by atoms with Crippen molar-refractivity contribution in [2.75, 3.05) is 6.54 Å². The molecule has 210 valence electrons. The lowest BCUT2D eigenvalue weighted by Crippen LogP contribution is -2.37. The van der Waals surface area contributed by atoms with Crippen molar-refractivity contribution >= 4 is 17.4 Å². The molecule has 3 aromatic carbocycles. The SMILES string of the molecule is CC#N.Cc1cccc(COc2ccc(-c3cc(F)c(F)c4c(C)coc34)cc2)c1.O=CN1CCCC1C(O)O. The molecule has 1 aromatic heterocycles. The van der Waals surface area contributed by atoms with Gasteiger partial charge in [0, 0.05) is 19.0 Å². The van der Waals surface area contributed by atoms with Crippen LogP contribution in [0.2, 0.25) is 0 Å². The highest BCUT2D eigenvalue weighted by atomic mass is 19.2. The Hall–Kier alpha value is -4.26. The summed E-state index contributed by atoms with van der Waals surface area (Å²) in [5.41, 5.74) is 4.44. The van der Waals surface area contributed by atoms with Crippen molar-refractivity contribution in [2.45, 2.75) is 52.6 Å². The molecule has 1 atom stereocenters. The first-order valence-corrected chi connectivity index (χ1v) is 12.7. The van der Waals surface area contributed by atoms with Crippen LogP contribution in [-0.4, -0.2) is 40.4 Å². The van der Waals surface area contributed by atoms with Crippen LogP contribution in [0.1, 0.15) is 36.5 Å². The number of hydrogen-bond donors (Lipinski definition) is 2. The van der Waals surface area contributed by atoms with E-state index in [9.17, 15) is 13.6 Å². The van der Waals surface area contributed by atoms with Gasteiger partial charge in [-0.3, -0.25) is 4.79 Å². The van der Waals surface area contributed by atoms with Gasteiger partial charge in [0.25, 0.3) is 0 Å². The van der Waals surface area contributed by atoms with Gasteiger partial charge in [-0.2, -0.15) is 5.26 Å². The fraction of sp³-hybridized carbons (Fsp3) is 0.290. The third-order valence-corrected chi connectivity index (χ3v) is 6.39. The second-order valence-electron chi connectivity index (χ2n) is 9.33. The molecule has 40 heavy (non-hydrogen) atoms. The van der Waals surface area contributed by atoms with E-state index in [4.69, 9.17) is 24.6 Å². The molecule has 1 aliphatic heterocycles. The second kappa shape index (κ2) is 14.2. The van der Waals surface area contributed by atoms with Crippen LogP contribution < -0.4 is 4.74 Å². The zero-order valence-corrected chi connectivity index (χ0v) is 22.6. The van der Waals surface area contributed by atoms with Gasteiger partial charge in [-0.25, -0.2) is 8.78 Å². The van der Waals surface area contributed by atoms with Crippen LogP contribution >= 0.6 is 0 Å². The summed E-state index contributed by atoms with van der Waals surface area (Å²) >= 11 is 0. The van der Waals surface area contributed by atoms with Crippen LogP contribution in [0.25, 0.3) is 22.1 Å². The van der Waals surface area contributed by atoms with Gasteiger partial charge in [-0.15, -0.1) is 0 Å². The van der Waals surface area contributed by atoms with Gasteiger partial charge in [-0.05, 0) is 61.6 Å². The summed E-state index contributed by atoms with van der Waals surface area (Å²) < 4.78 is 39.4. The molecule has 1 aliphatic rings. The van der Waals surface area contributed by atoms with Crippen molar-refractivity contribution in [2.24, 2.45) is 0 Å². The first-order valence-electron chi connectivity index (χ1n) is 12.7. The Morgan fingerprint density at radius 2 is 1.88 bits per heavy atom. The molecule has 4 aromatic rings. The maximum atomic E-state index is 14.1. The number of aryl methyl sites for hydroxylation is 2. The standard InChI is InChI=1S/C23H18F2O2.C6H11NO3.C2H3N/c1-14-4-3-5-16(10-14)13-26-18-8-6-17(7-9-18)19-11-20(24)22(25)21-15(2)12-27-23(19)21;8-4-7-3-1-2-5(7)6(9)10;1-2-3/h3-12H,13H2,1-2H3;4-6,9-10H,1-3H2;1H3. The number of furan rings is 1. The van der Waals surface area contributed by atoms with Gasteiger partial charge >= 0.3 is 0 Å². The Kier molecular flexibility index (Phi) is 10.8. The van der Waals surface area contributed by atoms with E-state index in [0.717, 1.165) is 17.5 Å². The molecular formula is C31H32F2N2O5. The predicted octanol–water partition coefficient (Wildman–Crippen LogP) is 6.02. The molecule has 0 saturated carbocycles. The van der Waals surface area contributed by atoms with Crippen molar-refractivity contribution in [1.82, 2.24) is 4.90 Å². The van der Waals surface area contributed by atoms with Gasteiger partial charge in [-0.1, -0.05) is 42.0 Å². The number of ether oxygens (including phenoxy) is 1. The largest absolute Gasteiger partial charge is 0.489 e. The van der Waals surface area contributed by atoms with Crippen molar-refractivity contribution in [3.8, 4) is 22.9 Å². The number of likely N-dealkylation sites (tertiary alicyclic amines) is 1. The van der Waals surface area contributed by atoms with Crippen LogP contribution in [0, 0.1) is 36.8 Å². The lowest BCUT2D eigenvalue weighted by Gasteiger charge is -2.20. The highest BCUT2D eigenvalue weighted by molar-refractivity contribution is 5.94. The van der Waals surface area contributed by atoms with Crippen molar-refractivity contribution in [1.29, 1.82) is 5.26 Å². The number of fused-ring (bicyclic) bond motifs is 1. The summed E-state index contributed by atoms with van der Waals surface area (Å²) in [5.74, 6) is -1.06. The molecule has 1 saturated heterocycles. The van der Waals surface area contributed by atoms with E-state index >= 15 is 0 Å². The summed E-state index contributed by atoms with van der Waals surface area (Å²) in [4.78, 5) is 11.6. The van der Waals surface area contributed by atoms with Crippen LogP contribution in [0.15, 0.2) is 65.3 Å². The zero-order valence-electron chi connectivity index (χ0n) is 22.6. The number of aliphatic hydroxyl groups is 2. The lowest BCUT2D eigenvalue weighted by molar-refractivity contribution is -0.130. The molecule has 0 bridgehead atoms. The molecule has 1 amide bonds. The molecule has 5 rings (SSSR count). The zero-order chi connectivity index (χ0) is 29.2. The minimum Gasteiger partial charge on any atom is -0.489 e. The predicted molar refractivity (Wildman–Crippen MR) is 147 cm³/mol. The maximum Gasteiger partial charge on any atom is 0.210 e. The minimum absolute atomic E-state index is 0.185. The molecule has 0 spiro atoms. The highest BCUT2D eigenvalue weighted by Gasteiger charge is 2.28. The Balaban J connectivity index is 0.000000283. The Morgan fingerprint density at radius 3 is 2.48 bits per heavy atom. The number of amides is 1. The van der Waals surface area contributed by atoms with Crippen LogP contribution in [0.4, 0.5) is 8.78 Å². The summed E-state index contributed by atoms with van der Waals surface area (Å²) in [5, 5.41) is 24.9. The number of aliphatic hydroxyl groups excluding tert-OH is 1. The van der Waals surface area contributed by atoms with Crippen LogP contribution in [-0.2, 0) is 11.4 Å². The third kappa shape index (κ3) is 7.44. The number of hydrogen-bond acceptors (Lipinski definition) is 6. The molecular weight excluding hydrogens is 518 g/mol. The fourth-order valence-electron chi connectivity index (χ4n) is 4.47. The lowest BCUT2D eigenvalue weighted by atomic mass is 10.0. The Bertz CT molecular complexity index is 1460. The Morgan fingerprint density at radius 1 is 1.18 bits per heavy atom. The molecule has 7 nitrogen and oxygen atoms in total. The number of halogens is 2. The Labute approximate surface area is 231 Å². The molecule has 9 heteroatoms. The summed E-state index contributed by atoms with van der Waals surface area (Å²) in [6, 6.07) is 17.9. The smallest absolute Gasteiger partial charge is 0.210 e. The normalized spacial score (nSPS) is 14.2. The van der Waals surface area contributed by atoms with Crippen LogP contribution in [0.3, 0.4) is 0 Å². The fourth-order valence-corrected chi connectivity index (χ4v) is 4.47. The first-order chi connectivity index (χ1) is 19.2. The molecule has 2 N–H and O–H groups in total. The summed E-state index contributed by atoms with van der Waals surface area (Å²) in [6.45, 7) is 6.27. The average Bonchev–Trinajstić information content (AvgIpc) is 3.58. The summed E-state index contributed by atoms with van der Waals surface area (Å²) in [6.07, 6.45) is 2.28. The van der Waals surface area contributed by atoms with Gasteiger partial charge in [0.2, 0.25) is 6.41 Å². The molecule has 0 aliphatic carbocycles. The van der Waals surface area contributed by atoms with E-state index in [0.29, 0.717) is 48.4 Å².